The largest absolute Gasteiger partial charge is 0.316 e. The molecule has 1 N–H and O–H groups in total. The van der Waals surface area contributed by atoms with Crippen LogP contribution in [0.4, 0.5) is 0 Å². The van der Waals surface area contributed by atoms with Crippen LogP contribution in [0.1, 0.15) is 46.1 Å². The van der Waals surface area contributed by atoms with Crippen LogP contribution in [0.15, 0.2) is 18.2 Å². The zero-order valence-corrected chi connectivity index (χ0v) is 14.4. The zero-order chi connectivity index (χ0) is 15.0. The fraction of sp³-hybridized carbons (Fsp3) is 0.647. The lowest BCUT2D eigenvalue weighted by Crippen LogP contribution is -2.52. The molecule has 0 heterocycles. The van der Waals surface area contributed by atoms with E-state index in [0.29, 0.717) is 5.41 Å². The summed E-state index contributed by atoms with van der Waals surface area (Å²) in [5.74, 6) is 0.730. The fourth-order valence-electron chi connectivity index (χ4n) is 3.30. The Balaban J connectivity index is 2.31. The maximum absolute atomic E-state index is 6.46. The molecule has 1 aliphatic rings. The van der Waals surface area contributed by atoms with Gasteiger partial charge in [0, 0.05) is 22.0 Å². The van der Waals surface area contributed by atoms with E-state index < -0.39 is 0 Å². The smallest absolute Gasteiger partial charge is 0.0459 e. The van der Waals surface area contributed by atoms with Gasteiger partial charge in [0.2, 0.25) is 0 Å². The summed E-state index contributed by atoms with van der Waals surface area (Å²) in [5, 5.41) is 5.11. The molecule has 1 nitrogen and oxygen atoms in total. The highest BCUT2D eigenvalue weighted by molar-refractivity contribution is 6.36. The van der Waals surface area contributed by atoms with Crippen molar-refractivity contribution in [2.75, 3.05) is 13.1 Å². The van der Waals surface area contributed by atoms with Crippen molar-refractivity contribution in [2.24, 2.45) is 11.3 Å². The normalized spacial score (nSPS) is 26.4. The first-order chi connectivity index (χ1) is 9.30. The summed E-state index contributed by atoms with van der Waals surface area (Å²) in [6, 6.07) is 5.84. The topological polar surface area (TPSA) is 12.0 Å². The molecular weight excluding hydrogens is 289 g/mol. The van der Waals surface area contributed by atoms with Gasteiger partial charge in [-0.3, -0.25) is 0 Å². The summed E-state index contributed by atoms with van der Waals surface area (Å²) in [7, 11) is 0. The van der Waals surface area contributed by atoms with E-state index in [0.717, 1.165) is 47.5 Å². The van der Waals surface area contributed by atoms with E-state index in [-0.39, 0.29) is 5.41 Å². The molecule has 1 aromatic carbocycles. The lowest BCUT2D eigenvalue weighted by Gasteiger charge is -2.54. The molecule has 112 valence electrons. The van der Waals surface area contributed by atoms with Gasteiger partial charge in [0.1, 0.15) is 0 Å². The first kappa shape index (κ1) is 16.1. The molecule has 0 atom stereocenters. The number of hydrogen-bond donors (Lipinski definition) is 1. The van der Waals surface area contributed by atoms with Crippen molar-refractivity contribution >= 4 is 23.2 Å². The first-order valence-electron chi connectivity index (χ1n) is 7.45. The second-order valence-corrected chi connectivity index (χ2v) is 7.94. The highest BCUT2D eigenvalue weighted by atomic mass is 35.5. The Bertz CT molecular complexity index is 450. The molecule has 0 spiro atoms. The highest BCUT2D eigenvalue weighted by Gasteiger charge is 2.50. The van der Waals surface area contributed by atoms with Gasteiger partial charge in [0.05, 0.1) is 0 Å². The third kappa shape index (κ3) is 3.00. The summed E-state index contributed by atoms with van der Waals surface area (Å²) in [6.07, 6.45) is 2.32. The number of nitrogens with one attached hydrogen (secondary N) is 1. The molecule has 1 fully saturated rings. The molecule has 0 aromatic heterocycles. The zero-order valence-electron chi connectivity index (χ0n) is 12.9. The average molecular weight is 314 g/mol. The van der Waals surface area contributed by atoms with Gasteiger partial charge >= 0.3 is 0 Å². The van der Waals surface area contributed by atoms with Gasteiger partial charge in [-0.15, -0.1) is 0 Å². The van der Waals surface area contributed by atoms with E-state index in [1.54, 1.807) is 0 Å². The molecule has 0 unspecified atom stereocenters. The average Bonchev–Trinajstić information content (AvgIpc) is 2.28. The molecule has 3 heteroatoms. The number of halogens is 2. The Morgan fingerprint density at radius 2 is 1.75 bits per heavy atom. The van der Waals surface area contributed by atoms with E-state index in [1.807, 2.05) is 18.2 Å². The Morgan fingerprint density at radius 3 is 2.20 bits per heavy atom. The summed E-state index contributed by atoms with van der Waals surface area (Å²) < 4.78 is 0. The summed E-state index contributed by atoms with van der Waals surface area (Å²) in [6.45, 7) is 11.0. The van der Waals surface area contributed by atoms with Crippen molar-refractivity contribution in [3.8, 4) is 0 Å². The molecule has 2 rings (SSSR count). The molecule has 0 amide bonds. The number of hydrogen-bond acceptors (Lipinski definition) is 1. The molecule has 1 aromatic rings. The van der Waals surface area contributed by atoms with Gasteiger partial charge < -0.3 is 5.32 Å². The third-order valence-corrected chi connectivity index (χ3v) is 5.34. The number of likely N-dealkylation sites (N-methyl/N-ethyl adjacent to an activating group) is 1. The van der Waals surface area contributed by atoms with Crippen LogP contribution in [0.3, 0.4) is 0 Å². The SMILES string of the molecule is CCNCC1(c2c(Cl)cccc2Cl)CC(C(C)(C)C)C1. The second-order valence-electron chi connectivity index (χ2n) is 7.13. The minimum Gasteiger partial charge on any atom is -0.316 e. The van der Waals surface area contributed by atoms with E-state index >= 15 is 0 Å². The predicted molar refractivity (Wildman–Crippen MR) is 88.9 cm³/mol. The van der Waals surface area contributed by atoms with Crippen LogP contribution in [-0.2, 0) is 5.41 Å². The van der Waals surface area contributed by atoms with E-state index in [2.05, 4.69) is 33.0 Å². The lowest BCUT2D eigenvalue weighted by atomic mass is 9.52. The van der Waals surface area contributed by atoms with Crippen molar-refractivity contribution in [1.82, 2.24) is 5.32 Å². The number of rotatable bonds is 4. The third-order valence-electron chi connectivity index (χ3n) is 4.71. The second kappa shape index (κ2) is 5.87. The molecular formula is C17H25Cl2N. The van der Waals surface area contributed by atoms with Crippen molar-refractivity contribution < 1.29 is 0 Å². The van der Waals surface area contributed by atoms with Crippen molar-refractivity contribution in [1.29, 1.82) is 0 Å². The maximum Gasteiger partial charge on any atom is 0.0459 e. The molecule has 0 aliphatic heterocycles. The van der Waals surface area contributed by atoms with Gasteiger partial charge in [-0.1, -0.05) is 57.0 Å². The lowest BCUT2D eigenvalue weighted by molar-refractivity contribution is 0.0453. The summed E-state index contributed by atoms with van der Waals surface area (Å²) in [5.41, 5.74) is 1.59. The first-order valence-corrected chi connectivity index (χ1v) is 8.21. The predicted octanol–water partition coefficient (Wildman–Crippen LogP) is 5.30. The van der Waals surface area contributed by atoms with Crippen LogP contribution in [0.25, 0.3) is 0 Å². The van der Waals surface area contributed by atoms with Gasteiger partial charge in [0.15, 0.2) is 0 Å². The molecule has 0 radical (unpaired) electrons. The standard InChI is InChI=1S/C17H25Cl2N/c1-5-20-11-17(9-12(10-17)16(2,3)4)15-13(18)7-6-8-14(15)19/h6-8,12,20H,5,9-11H2,1-4H3. The van der Waals surface area contributed by atoms with Crippen molar-refractivity contribution in [3.63, 3.8) is 0 Å². The minimum absolute atomic E-state index is 0.101. The van der Waals surface area contributed by atoms with E-state index in [4.69, 9.17) is 23.2 Å². The molecule has 0 saturated heterocycles. The monoisotopic (exact) mass is 313 g/mol. The Morgan fingerprint density at radius 1 is 1.20 bits per heavy atom. The van der Waals surface area contributed by atoms with Crippen LogP contribution in [0.5, 0.6) is 0 Å². The molecule has 1 saturated carbocycles. The summed E-state index contributed by atoms with van der Waals surface area (Å²) >= 11 is 12.9. The molecule has 20 heavy (non-hydrogen) atoms. The van der Waals surface area contributed by atoms with Gasteiger partial charge in [-0.2, -0.15) is 0 Å². The van der Waals surface area contributed by atoms with Crippen LogP contribution < -0.4 is 5.32 Å². The molecule has 0 bridgehead atoms. The Hall–Kier alpha value is -0.240. The van der Waals surface area contributed by atoms with Crippen LogP contribution in [0.2, 0.25) is 10.0 Å². The van der Waals surface area contributed by atoms with Gasteiger partial charge in [-0.25, -0.2) is 0 Å². The minimum atomic E-state index is 0.101. The van der Waals surface area contributed by atoms with Crippen molar-refractivity contribution in [3.05, 3.63) is 33.8 Å². The van der Waals surface area contributed by atoms with E-state index in [1.165, 1.54) is 0 Å². The Kier molecular flexibility index (Phi) is 4.73. The van der Waals surface area contributed by atoms with E-state index in [9.17, 15) is 0 Å². The fourth-order valence-corrected chi connectivity index (χ4v) is 4.10. The van der Waals surface area contributed by atoms with Gasteiger partial charge in [0.25, 0.3) is 0 Å². The van der Waals surface area contributed by atoms with Gasteiger partial charge in [-0.05, 0) is 48.4 Å². The summed E-state index contributed by atoms with van der Waals surface area (Å²) in [4.78, 5) is 0. The van der Waals surface area contributed by atoms with Crippen molar-refractivity contribution in [2.45, 2.75) is 46.0 Å². The number of benzene rings is 1. The maximum atomic E-state index is 6.46. The van der Waals surface area contributed by atoms with Crippen LogP contribution >= 0.6 is 23.2 Å². The highest BCUT2D eigenvalue weighted by Crippen LogP contribution is 2.56. The van der Waals surface area contributed by atoms with Crippen LogP contribution in [0, 0.1) is 11.3 Å². The van der Waals surface area contributed by atoms with Crippen LogP contribution in [-0.4, -0.2) is 13.1 Å². The quantitative estimate of drug-likeness (QED) is 0.795. The molecule has 1 aliphatic carbocycles. The Labute approximate surface area is 133 Å².